The van der Waals surface area contributed by atoms with Crippen molar-refractivity contribution < 1.29 is 18.7 Å². The van der Waals surface area contributed by atoms with Crippen molar-refractivity contribution in [2.24, 2.45) is 0 Å². The SMILES string of the molecule is CCOP(=O)(OCC)[C@@H](O)[C@H](Cc1ccccc1)N(Cc1ccccc1)Cc1ccccc1. The van der Waals surface area contributed by atoms with Crippen LogP contribution in [0.1, 0.15) is 30.5 Å². The Morgan fingerprint density at radius 2 is 1.12 bits per heavy atom. The summed E-state index contributed by atoms with van der Waals surface area (Å²) in [5.41, 5.74) is 3.27. The number of aliphatic hydroxyl groups excluding tert-OH is 1. The molecule has 6 heteroatoms. The summed E-state index contributed by atoms with van der Waals surface area (Å²) < 4.78 is 24.7. The molecular formula is C27H34NO4P. The van der Waals surface area contributed by atoms with Gasteiger partial charge in [-0.15, -0.1) is 0 Å². The maximum Gasteiger partial charge on any atom is 0.360 e. The first kappa shape index (κ1) is 25.4. The van der Waals surface area contributed by atoms with Crippen molar-refractivity contribution in [3.63, 3.8) is 0 Å². The molecule has 0 spiro atoms. The van der Waals surface area contributed by atoms with Crippen molar-refractivity contribution in [3.8, 4) is 0 Å². The minimum Gasteiger partial charge on any atom is -0.379 e. The van der Waals surface area contributed by atoms with Crippen molar-refractivity contribution in [3.05, 3.63) is 108 Å². The Labute approximate surface area is 197 Å². The molecule has 0 aliphatic carbocycles. The molecule has 2 atom stereocenters. The van der Waals surface area contributed by atoms with E-state index in [-0.39, 0.29) is 13.2 Å². The third-order valence-electron chi connectivity index (χ3n) is 5.50. The molecule has 0 radical (unpaired) electrons. The highest BCUT2D eigenvalue weighted by Crippen LogP contribution is 2.54. The molecule has 3 rings (SSSR count). The summed E-state index contributed by atoms with van der Waals surface area (Å²) in [4.78, 5) is 2.17. The zero-order valence-corrected chi connectivity index (χ0v) is 20.3. The molecule has 0 aliphatic rings. The lowest BCUT2D eigenvalue weighted by Gasteiger charge is -2.37. The van der Waals surface area contributed by atoms with Gasteiger partial charge in [-0.3, -0.25) is 9.46 Å². The first-order valence-electron chi connectivity index (χ1n) is 11.5. The van der Waals surface area contributed by atoms with E-state index in [4.69, 9.17) is 9.05 Å². The van der Waals surface area contributed by atoms with Gasteiger partial charge in [-0.05, 0) is 37.0 Å². The molecule has 3 aromatic carbocycles. The van der Waals surface area contributed by atoms with Crippen molar-refractivity contribution in [2.45, 2.75) is 45.2 Å². The van der Waals surface area contributed by atoms with Gasteiger partial charge in [0.25, 0.3) is 0 Å². The minimum absolute atomic E-state index is 0.198. The van der Waals surface area contributed by atoms with Gasteiger partial charge in [0.2, 0.25) is 0 Å². The molecule has 33 heavy (non-hydrogen) atoms. The van der Waals surface area contributed by atoms with Crippen LogP contribution < -0.4 is 0 Å². The van der Waals surface area contributed by atoms with E-state index in [9.17, 15) is 9.67 Å². The second-order valence-electron chi connectivity index (χ2n) is 7.92. The van der Waals surface area contributed by atoms with E-state index in [1.165, 1.54) is 0 Å². The lowest BCUT2D eigenvalue weighted by Crippen LogP contribution is -2.45. The van der Waals surface area contributed by atoms with Gasteiger partial charge in [0.05, 0.1) is 19.3 Å². The zero-order valence-electron chi connectivity index (χ0n) is 19.4. The van der Waals surface area contributed by atoms with Crippen LogP contribution in [-0.4, -0.2) is 35.1 Å². The van der Waals surface area contributed by atoms with Gasteiger partial charge in [-0.2, -0.15) is 0 Å². The van der Waals surface area contributed by atoms with E-state index in [1.807, 2.05) is 66.7 Å². The minimum atomic E-state index is -3.75. The van der Waals surface area contributed by atoms with Crippen LogP contribution >= 0.6 is 7.60 Å². The van der Waals surface area contributed by atoms with E-state index in [0.29, 0.717) is 19.5 Å². The molecule has 0 saturated heterocycles. The number of aliphatic hydroxyl groups is 1. The van der Waals surface area contributed by atoms with Gasteiger partial charge in [-0.1, -0.05) is 91.0 Å². The second kappa shape index (κ2) is 12.8. The summed E-state index contributed by atoms with van der Waals surface area (Å²) >= 11 is 0. The second-order valence-corrected chi connectivity index (χ2v) is 10.0. The van der Waals surface area contributed by atoms with E-state index >= 15 is 0 Å². The van der Waals surface area contributed by atoms with Gasteiger partial charge >= 0.3 is 7.60 Å². The predicted molar refractivity (Wildman–Crippen MR) is 133 cm³/mol. The molecule has 0 unspecified atom stereocenters. The Hall–Kier alpha value is -2.27. The van der Waals surface area contributed by atoms with Crippen LogP contribution in [0.4, 0.5) is 0 Å². The number of nitrogens with zero attached hydrogens (tertiary/aromatic N) is 1. The zero-order chi connectivity index (χ0) is 23.5. The molecule has 0 aliphatic heterocycles. The van der Waals surface area contributed by atoms with Crippen molar-refractivity contribution >= 4 is 7.60 Å². The van der Waals surface area contributed by atoms with Gasteiger partial charge in [0, 0.05) is 13.1 Å². The van der Waals surface area contributed by atoms with Gasteiger partial charge in [-0.25, -0.2) is 0 Å². The van der Waals surface area contributed by atoms with Crippen LogP contribution in [-0.2, 0) is 33.1 Å². The van der Waals surface area contributed by atoms with Crippen LogP contribution in [0.2, 0.25) is 0 Å². The van der Waals surface area contributed by atoms with Crippen LogP contribution in [0.3, 0.4) is 0 Å². The topological polar surface area (TPSA) is 59.0 Å². The summed E-state index contributed by atoms with van der Waals surface area (Å²) in [5, 5.41) is 11.5. The monoisotopic (exact) mass is 467 g/mol. The van der Waals surface area contributed by atoms with Gasteiger partial charge in [0.1, 0.15) is 0 Å². The normalized spacial score (nSPS) is 13.7. The van der Waals surface area contributed by atoms with Crippen LogP contribution in [0.5, 0.6) is 0 Å². The third kappa shape index (κ3) is 7.36. The Kier molecular flexibility index (Phi) is 9.86. The van der Waals surface area contributed by atoms with E-state index < -0.39 is 19.5 Å². The number of benzene rings is 3. The summed E-state index contributed by atoms with van der Waals surface area (Å²) in [6.07, 6.45) is 0.506. The smallest absolute Gasteiger partial charge is 0.360 e. The van der Waals surface area contributed by atoms with E-state index in [2.05, 4.69) is 29.2 Å². The highest BCUT2D eigenvalue weighted by Gasteiger charge is 2.42. The number of hydrogen-bond donors (Lipinski definition) is 1. The predicted octanol–water partition coefficient (Wildman–Crippen LogP) is 5.88. The van der Waals surface area contributed by atoms with Crippen LogP contribution in [0, 0.1) is 0 Å². The lowest BCUT2D eigenvalue weighted by atomic mass is 10.0. The maximum atomic E-state index is 13.6. The molecule has 0 aromatic heterocycles. The third-order valence-corrected chi connectivity index (χ3v) is 7.73. The Morgan fingerprint density at radius 3 is 1.52 bits per heavy atom. The molecule has 0 saturated carbocycles. The first-order chi connectivity index (χ1) is 16.1. The molecule has 1 N–H and O–H groups in total. The maximum absolute atomic E-state index is 13.6. The standard InChI is InChI=1S/C27H34NO4P/c1-3-31-33(30,32-4-2)27(29)26(20-23-14-8-5-9-15-23)28(21-24-16-10-6-11-17-24)22-25-18-12-7-13-19-25/h5-19,26-27,29H,3-4,20-22H2,1-2H3/t26-,27+/m0/s1. The molecule has 0 amide bonds. The largest absolute Gasteiger partial charge is 0.379 e. The average molecular weight is 468 g/mol. The summed E-state index contributed by atoms with van der Waals surface area (Å²) in [6.45, 7) is 5.09. The van der Waals surface area contributed by atoms with Crippen LogP contribution in [0.25, 0.3) is 0 Å². The van der Waals surface area contributed by atoms with Crippen molar-refractivity contribution in [1.29, 1.82) is 0 Å². The Bertz CT molecular complexity index is 933. The van der Waals surface area contributed by atoms with Crippen molar-refractivity contribution in [2.75, 3.05) is 13.2 Å². The quantitative estimate of drug-likeness (QED) is 0.318. The Balaban J connectivity index is 2.01. The van der Waals surface area contributed by atoms with Crippen molar-refractivity contribution in [1.82, 2.24) is 4.90 Å². The summed E-state index contributed by atoms with van der Waals surface area (Å²) in [7, 11) is -3.75. The molecule has 0 heterocycles. The van der Waals surface area contributed by atoms with Gasteiger partial charge < -0.3 is 14.2 Å². The first-order valence-corrected chi connectivity index (χ1v) is 13.1. The van der Waals surface area contributed by atoms with E-state index in [1.54, 1.807) is 13.8 Å². The molecule has 0 fully saturated rings. The van der Waals surface area contributed by atoms with Gasteiger partial charge in [0.15, 0.2) is 5.85 Å². The molecule has 176 valence electrons. The van der Waals surface area contributed by atoms with Crippen LogP contribution in [0.15, 0.2) is 91.0 Å². The fraction of sp³-hybridized carbons (Fsp3) is 0.333. The number of hydrogen-bond acceptors (Lipinski definition) is 5. The van der Waals surface area contributed by atoms with E-state index in [0.717, 1.165) is 16.7 Å². The summed E-state index contributed by atoms with van der Waals surface area (Å²) in [5.74, 6) is -1.30. The average Bonchev–Trinajstić information content (AvgIpc) is 2.84. The Morgan fingerprint density at radius 1 is 0.727 bits per heavy atom. The highest BCUT2D eigenvalue weighted by atomic mass is 31.2. The number of rotatable bonds is 13. The molecular weight excluding hydrogens is 433 g/mol. The lowest BCUT2D eigenvalue weighted by molar-refractivity contribution is 0.0565. The fourth-order valence-corrected chi connectivity index (χ4v) is 5.78. The molecule has 5 nitrogen and oxygen atoms in total. The molecule has 0 bridgehead atoms. The summed E-state index contributed by atoms with van der Waals surface area (Å²) in [6, 6.07) is 29.7. The highest BCUT2D eigenvalue weighted by molar-refractivity contribution is 7.54. The fourth-order valence-electron chi connectivity index (χ4n) is 3.97. The molecule has 3 aromatic rings.